The van der Waals surface area contributed by atoms with Crippen LogP contribution in [0, 0.1) is 0 Å². The molecule has 0 aliphatic heterocycles. The van der Waals surface area contributed by atoms with Gasteiger partial charge in [0.1, 0.15) is 0 Å². The van der Waals surface area contributed by atoms with Gasteiger partial charge in [-0.05, 0) is 41.8 Å². The van der Waals surface area contributed by atoms with E-state index >= 15 is 0 Å². The van der Waals surface area contributed by atoms with Crippen molar-refractivity contribution in [1.82, 2.24) is 5.43 Å². The number of nitrogens with one attached hydrogen (secondary N) is 1. The molecule has 3 aromatic rings. The molecule has 3 aromatic carbocycles. The van der Waals surface area contributed by atoms with Gasteiger partial charge in [-0.15, -0.1) is 0 Å². The summed E-state index contributed by atoms with van der Waals surface area (Å²) in [4.78, 5) is 12.1. The summed E-state index contributed by atoms with van der Waals surface area (Å²) < 4.78 is 0.859. The molecular weight excluding hydrogens is 376 g/mol. The molecule has 124 valence electrons. The third kappa shape index (κ3) is 4.43. The maximum absolute atomic E-state index is 12.1. The summed E-state index contributed by atoms with van der Waals surface area (Å²) >= 11 is 3.36. The van der Waals surface area contributed by atoms with Crippen LogP contribution in [0.1, 0.15) is 22.8 Å². The number of rotatable bonds is 4. The van der Waals surface area contributed by atoms with Crippen LogP contribution in [0.5, 0.6) is 0 Å². The molecule has 3 rings (SSSR count). The van der Waals surface area contributed by atoms with Crippen LogP contribution in [-0.2, 0) is 0 Å². The number of nitrogens with zero attached hydrogens (tertiary/aromatic N) is 1. The summed E-state index contributed by atoms with van der Waals surface area (Å²) in [6.45, 7) is 1.87. The molecule has 1 amide bonds. The van der Waals surface area contributed by atoms with Gasteiger partial charge < -0.3 is 0 Å². The lowest BCUT2D eigenvalue weighted by molar-refractivity contribution is 0.0955. The first kappa shape index (κ1) is 17.1. The summed E-state index contributed by atoms with van der Waals surface area (Å²) in [5.74, 6) is -0.235. The number of carbonyl (C=O) groups excluding carboxylic acids is 1. The van der Waals surface area contributed by atoms with E-state index in [4.69, 9.17) is 0 Å². The number of hydrogen-bond donors (Lipinski definition) is 1. The van der Waals surface area contributed by atoms with Crippen LogP contribution < -0.4 is 5.43 Å². The van der Waals surface area contributed by atoms with Gasteiger partial charge in [-0.1, -0.05) is 76.6 Å². The number of hydrogen-bond acceptors (Lipinski definition) is 2. The fourth-order valence-electron chi connectivity index (χ4n) is 2.43. The standard InChI is InChI=1S/C21H17BrN2O/c1-15(23-24-21(25)19-8-5-9-20(22)14-19)16-10-12-18(13-11-16)17-6-3-2-4-7-17/h2-14H,1H3,(H,24,25). The Kier molecular flexibility index (Phi) is 5.41. The van der Waals surface area contributed by atoms with Gasteiger partial charge in [-0.2, -0.15) is 5.10 Å². The second kappa shape index (κ2) is 7.90. The van der Waals surface area contributed by atoms with Crippen molar-refractivity contribution in [2.45, 2.75) is 6.92 Å². The van der Waals surface area contributed by atoms with Crippen molar-refractivity contribution >= 4 is 27.5 Å². The summed E-state index contributed by atoms with van der Waals surface area (Å²) in [5, 5.41) is 4.20. The summed E-state index contributed by atoms with van der Waals surface area (Å²) in [6.07, 6.45) is 0. The Morgan fingerprint density at radius 3 is 2.20 bits per heavy atom. The molecule has 0 aliphatic rings. The third-order valence-corrected chi connectivity index (χ3v) is 4.32. The van der Waals surface area contributed by atoms with E-state index < -0.39 is 0 Å². The first-order chi connectivity index (χ1) is 12.1. The minimum Gasteiger partial charge on any atom is -0.267 e. The van der Waals surface area contributed by atoms with Crippen LogP contribution in [0.25, 0.3) is 11.1 Å². The van der Waals surface area contributed by atoms with Crippen LogP contribution in [0.4, 0.5) is 0 Å². The van der Waals surface area contributed by atoms with Crippen molar-refractivity contribution in [2.75, 3.05) is 0 Å². The molecule has 0 unspecified atom stereocenters. The second-order valence-corrected chi connectivity index (χ2v) is 6.51. The summed E-state index contributed by atoms with van der Waals surface area (Å²) in [7, 11) is 0. The predicted octanol–water partition coefficient (Wildman–Crippen LogP) is 5.27. The molecule has 0 heterocycles. The van der Waals surface area contributed by atoms with Gasteiger partial charge in [-0.25, -0.2) is 5.43 Å². The van der Waals surface area contributed by atoms with E-state index in [-0.39, 0.29) is 5.91 Å². The van der Waals surface area contributed by atoms with Crippen molar-refractivity contribution in [3.05, 3.63) is 94.5 Å². The summed E-state index contributed by atoms with van der Waals surface area (Å²) in [5.41, 5.74) is 7.20. The van der Waals surface area contributed by atoms with Gasteiger partial charge in [0.2, 0.25) is 0 Å². The van der Waals surface area contributed by atoms with E-state index in [1.165, 1.54) is 5.56 Å². The highest BCUT2D eigenvalue weighted by Crippen LogP contribution is 2.19. The smallest absolute Gasteiger partial charge is 0.267 e. The summed E-state index contributed by atoms with van der Waals surface area (Å²) in [6, 6.07) is 25.5. The van der Waals surface area contributed by atoms with Gasteiger partial charge in [0.25, 0.3) is 5.91 Å². The molecule has 3 nitrogen and oxygen atoms in total. The van der Waals surface area contributed by atoms with E-state index in [1.807, 2.05) is 49.4 Å². The Morgan fingerprint density at radius 1 is 0.840 bits per heavy atom. The van der Waals surface area contributed by atoms with Crippen LogP contribution >= 0.6 is 15.9 Å². The number of benzene rings is 3. The molecule has 0 aromatic heterocycles. The maximum atomic E-state index is 12.1. The SMILES string of the molecule is CC(=NNC(=O)c1cccc(Br)c1)c1ccc(-c2ccccc2)cc1. The van der Waals surface area contributed by atoms with Crippen molar-refractivity contribution in [3.8, 4) is 11.1 Å². The highest BCUT2D eigenvalue weighted by atomic mass is 79.9. The third-order valence-electron chi connectivity index (χ3n) is 3.82. The number of hydrazone groups is 1. The maximum Gasteiger partial charge on any atom is 0.271 e. The van der Waals surface area contributed by atoms with Crippen molar-refractivity contribution < 1.29 is 4.79 Å². The topological polar surface area (TPSA) is 41.5 Å². The van der Waals surface area contributed by atoms with Crippen LogP contribution in [-0.4, -0.2) is 11.6 Å². The van der Waals surface area contributed by atoms with Crippen LogP contribution in [0.3, 0.4) is 0 Å². The molecule has 0 radical (unpaired) electrons. The van der Waals surface area contributed by atoms with Crippen molar-refractivity contribution in [3.63, 3.8) is 0 Å². The molecule has 0 saturated heterocycles. The normalized spacial score (nSPS) is 11.2. The average molecular weight is 393 g/mol. The van der Waals surface area contributed by atoms with Crippen LogP contribution in [0.15, 0.2) is 88.4 Å². The van der Waals surface area contributed by atoms with Gasteiger partial charge in [0.05, 0.1) is 5.71 Å². The molecular formula is C21H17BrN2O. The van der Waals surface area contributed by atoms with Crippen LogP contribution in [0.2, 0.25) is 0 Å². The molecule has 0 bridgehead atoms. The Labute approximate surface area is 155 Å². The lowest BCUT2D eigenvalue weighted by Gasteiger charge is -2.05. The van der Waals surface area contributed by atoms with Crippen molar-refractivity contribution in [2.24, 2.45) is 5.10 Å². The quantitative estimate of drug-likeness (QED) is 0.476. The Bertz CT molecular complexity index is 903. The zero-order valence-electron chi connectivity index (χ0n) is 13.7. The minimum absolute atomic E-state index is 0.235. The second-order valence-electron chi connectivity index (χ2n) is 5.59. The molecule has 0 atom stereocenters. The Morgan fingerprint density at radius 2 is 1.52 bits per heavy atom. The Hall–Kier alpha value is -2.72. The van der Waals surface area contributed by atoms with E-state index in [2.05, 4.69) is 50.7 Å². The molecule has 25 heavy (non-hydrogen) atoms. The molecule has 0 saturated carbocycles. The van der Waals surface area contributed by atoms with E-state index in [1.54, 1.807) is 12.1 Å². The van der Waals surface area contributed by atoms with Gasteiger partial charge in [0, 0.05) is 10.0 Å². The largest absolute Gasteiger partial charge is 0.271 e. The zero-order chi connectivity index (χ0) is 17.6. The predicted molar refractivity (Wildman–Crippen MR) is 106 cm³/mol. The Balaban J connectivity index is 1.71. The van der Waals surface area contributed by atoms with Gasteiger partial charge in [0.15, 0.2) is 0 Å². The van der Waals surface area contributed by atoms with Crippen molar-refractivity contribution in [1.29, 1.82) is 0 Å². The number of amides is 1. The molecule has 0 aliphatic carbocycles. The van der Waals surface area contributed by atoms with E-state index in [9.17, 15) is 4.79 Å². The first-order valence-corrected chi connectivity index (χ1v) is 8.69. The molecule has 4 heteroatoms. The van der Waals surface area contributed by atoms with E-state index in [0.29, 0.717) is 5.56 Å². The van der Waals surface area contributed by atoms with Gasteiger partial charge >= 0.3 is 0 Å². The first-order valence-electron chi connectivity index (χ1n) is 7.89. The lowest BCUT2D eigenvalue weighted by atomic mass is 10.0. The molecule has 0 fully saturated rings. The molecule has 1 N–H and O–H groups in total. The zero-order valence-corrected chi connectivity index (χ0v) is 15.3. The number of carbonyl (C=O) groups is 1. The number of halogens is 1. The fourth-order valence-corrected chi connectivity index (χ4v) is 2.83. The van der Waals surface area contributed by atoms with Gasteiger partial charge in [-0.3, -0.25) is 4.79 Å². The average Bonchev–Trinajstić information content (AvgIpc) is 2.66. The molecule has 0 spiro atoms. The minimum atomic E-state index is -0.235. The highest BCUT2D eigenvalue weighted by Gasteiger charge is 2.05. The van der Waals surface area contributed by atoms with E-state index in [0.717, 1.165) is 21.3 Å². The lowest BCUT2D eigenvalue weighted by Crippen LogP contribution is -2.19. The monoisotopic (exact) mass is 392 g/mol. The fraction of sp³-hybridized carbons (Fsp3) is 0.0476. The highest BCUT2D eigenvalue weighted by molar-refractivity contribution is 9.10.